The van der Waals surface area contributed by atoms with Crippen LogP contribution in [0.2, 0.25) is 0 Å². The Kier molecular flexibility index (Phi) is 6.98. The van der Waals surface area contributed by atoms with Gasteiger partial charge >= 0.3 is 5.97 Å². The molecule has 0 aliphatic rings. The van der Waals surface area contributed by atoms with Crippen molar-refractivity contribution in [1.82, 2.24) is 0 Å². The van der Waals surface area contributed by atoms with Crippen LogP contribution in [0.25, 0.3) is 0 Å². The molecule has 1 unspecified atom stereocenters. The first kappa shape index (κ1) is 19.4. The minimum Gasteiger partial charge on any atom is -0.481 e. The lowest BCUT2D eigenvalue weighted by atomic mass is 9.95. The first-order chi connectivity index (χ1) is 12.0. The summed E-state index contributed by atoms with van der Waals surface area (Å²) in [7, 11) is 0. The Bertz CT molecular complexity index is 775. The van der Waals surface area contributed by atoms with Crippen LogP contribution in [0, 0.1) is 11.8 Å². The first-order valence-electron chi connectivity index (χ1n) is 7.82. The molecule has 0 fully saturated rings. The van der Waals surface area contributed by atoms with E-state index in [2.05, 4.69) is 27.8 Å². The summed E-state index contributed by atoms with van der Waals surface area (Å²) in [4.78, 5) is 13.0. The summed E-state index contributed by atoms with van der Waals surface area (Å²) in [5.41, 5.74) is 0.772. The van der Waals surface area contributed by atoms with E-state index in [1.807, 2.05) is 55.5 Å². The smallest absolute Gasteiger partial charge is 0.324 e. The zero-order chi connectivity index (χ0) is 18.3. The Morgan fingerprint density at radius 3 is 2.36 bits per heavy atom. The third-order valence-corrected chi connectivity index (χ3v) is 5.84. The van der Waals surface area contributed by atoms with Crippen LogP contribution in [-0.4, -0.2) is 17.7 Å². The molecule has 2 rings (SSSR count). The molecule has 0 bridgehead atoms. The number of benzene rings is 2. The summed E-state index contributed by atoms with van der Waals surface area (Å²) in [5.74, 6) is 5.49. The lowest BCUT2D eigenvalue weighted by Crippen LogP contribution is -2.31. The second-order valence-corrected chi connectivity index (χ2v) is 7.57. The van der Waals surface area contributed by atoms with Crippen molar-refractivity contribution in [1.29, 1.82) is 0 Å². The van der Waals surface area contributed by atoms with Gasteiger partial charge in [0.2, 0.25) is 0 Å². The van der Waals surface area contributed by atoms with Gasteiger partial charge in [0.25, 0.3) is 0 Å². The van der Waals surface area contributed by atoms with Crippen LogP contribution in [0.15, 0.2) is 57.9 Å². The van der Waals surface area contributed by atoms with Gasteiger partial charge in [0.05, 0.1) is 0 Å². The lowest BCUT2D eigenvalue weighted by molar-refractivity contribution is -0.140. The van der Waals surface area contributed by atoms with E-state index in [4.69, 9.17) is 4.74 Å². The molecule has 0 saturated carbocycles. The zero-order valence-corrected chi connectivity index (χ0v) is 16.5. The van der Waals surface area contributed by atoms with Crippen molar-refractivity contribution < 1.29 is 14.6 Å². The molecule has 0 heterocycles. The second kappa shape index (κ2) is 8.98. The monoisotopic (exact) mass is 418 g/mol. The van der Waals surface area contributed by atoms with E-state index < -0.39 is 10.7 Å². The number of ether oxygens (including phenoxy) is 1. The number of thioether (sulfide) groups is 1. The van der Waals surface area contributed by atoms with Crippen molar-refractivity contribution in [3.63, 3.8) is 0 Å². The molecule has 5 heteroatoms. The molecule has 0 aromatic heterocycles. The average Bonchev–Trinajstić information content (AvgIpc) is 2.62. The maximum Gasteiger partial charge on any atom is 0.324 e. The van der Waals surface area contributed by atoms with Crippen molar-refractivity contribution >= 4 is 33.7 Å². The normalized spacial score (nSPS) is 12.6. The maximum absolute atomic E-state index is 12.1. The number of halogens is 1. The molecular formula is C20H19BrO3S. The van der Waals surface area contributed by atoms with Crippen molar-refractivity contribution in [2.75, 3.05) is 6.61 Å². The highest BCUT2D eigenvalue weighted by Gasteiger charge is 2.40. The Balaban J connectivity index is 2.26. The third kappa shape index (κ3) is 4.81. The van der Waals surface area contributed by atoms with Gasteiger partial charge in [-0.3, -0.25) is 4.79 Å². The van der Waals surface area contributed by atoms with Gasteiger partial charge < -0.3 is 9.84 Å². The van der Waals surface area contributed by atoms with Gasteiger partial charge in [0, 0.05) is 9.37 Å². The topological polar surface area (TPSA) is 46.5 Å². The molecule has 25 heavy (non-hydrogen) atoms. The van der Waals surface area contributed by atoms with Gasteiger partial charge in [0.15, 0.2) is 0 Å². The fraction of sp³-hybridized carbons (Fsp3) is 0.250. The van der Waals surface area contributed by atoms with Crippen molar-refractivity contribution in [2.45, 2.75) is 29.9 Å². The number of carbonyl (C=O) groups is 1. The molecule has 1 atom stereocenters. The highest BCUT2D eigenvalue weighted by Crippen LogP contribution is 2.45. The maximum atomic E-state index is 12.1. The number of rotatable bonds is 7. The van der Waals surface area contributed by atoms with Gasteiger partial charge in [0.1, 0.15) is 17.1 Å². The zero-order valence-electron chi connectivity index (χ0n) is 14.1. The molecule has 2 aromatic rings. The Morgan fingerprint density at radius 2 is 1.84 bits per heavy atom. The third-order valence-electron chi connectivity index (χ3n) is 3.76. The van der Waals surface area contributed by atoms with E-state index in [9.17, 15) is 9.90 Å². The Hall–Kier alpha value is -1.90. The minimum atomic E-state index is -1.03. The molecule has 1 N–H and O–H groups in total. The number of carboxylic acids is 1. The minimum absolute atomic E-state index is 0.343. The molecule has 2 aromatic carbocycles. The molecule has 0 aliphatic heterocycles. The molecule has 0 radical (unpaired) electrons. The van der Waals surface area contributed by atoms with Crippen LogP contribution < -0.4 is 4.74 Å². The number of carboxylic acid groups (broad SMARTS) is 1. The summed E-state index contributed by atoms with van der Waals surface area (Å²) in [5, 5.41) is 9.93. The molecule has 0 spiro atoms. The summed E-state index contributed by atoms with van der Waals surface area (Å²) in [6, 6.07) is 14.9. The summed E-state index contributed by atoms with van der Waals surface area (Å²) in [6.45, 7) is 4.00. The molecule has 130 valence electrons. The Morgan fingerprint density at radius 1 is 1.20 bits per heavy atom. The first-order valence-corrected chi connectivity index (χ1v) is 9.43. The number of hydrogen-bond acceptors (Lipinski definition) is 3. The number of hydrogen-bond donors (Lipinski definition) is 1. The van der Waals surface area contributed by atoms with E-state index in [-0.39, 0.29) is 0 Å². The second-order valence-electron chi connectivity index (χ2n) is 5.28. The van der Waals surface area contributed by atoms with Crippen LogP contribution in [0.5, 0.6) is 5.75 Å². The van der Waals surface area contributed by atoms with E-state index in [0.717, 1.165) is 14.9 Å². The van der Waals surface area contributed by atoms with Gasteiger partial charge in [-0.05, 0) is 55.3 Å². The Labute approximate surface area is 160 Å². The predicted molar refractivity (Wildman–Crippen MR) is 105 cm³/mol. The van der Waals surface area contributed by atoms with Crippen molar-refractivity contribution in [3.8, 4) is 17.6 Å². The van der Waals surface area contributed by atoms with Crippen molar-refractivity contribution in [3.05, 3.63) is 58.6 Å². The average molecular weight is 419 g/mol. The van der Waals surface area contributed by atoms with Crippen LogP contribution in [-0.2, 0) is 9.54 Å². The van der Waals surface area contributed by atoms with E-state index in [0.29, 0.717) is 18.8 Å². The van der Waals surface area contributed by atoms with Crippen LogP contribution in [0.3, 0.4) is 0 Å². The molecule has 3 nitrogen and oxygen atoms in total. The fourth-order valence-electron chi connectivity index (χ4n) is 2.37. The van der Waals surface area contributed by atoms with Crippen molar-refractivity contribution in [2.24, 2.45) is 0 Å². The summed E-state index contributed by atoms with van der Waals surface area (Å²) >= 11 is 4.74. The number of aliphatic carboxylic acids is 1. The lowest BCUT2D eigenvalue weighted by Gasteiger charge is -2.28. The molecule has 0 aliphatic carbocycles. The molecule has 0 saturated heterocycles. The highest BCUT2D eigenvalue weighted by atomic mass is 79.9. The van der Waals surface area contributed by atoms with E-state index in [1.54, 1.807) is 6.92 Å². The van der Waals surface area contributed by atoms with Crippen LogP contribution in [0.1, 0.15) is 25.8 Å². The van der Waals surface area contributed by atoms with Gasteiger partial charge in [-0.25, -0.2) is 0 Å². The van der Waals surface area contributed by atoms with Gasteiger partial charge in [-0.1, -0.05) is 40.9 Å². The summed E-state index contributed by atoms with van der Waals surface area (Å²) in [6.07, 6.45) is 0.471. The predicted octanol–water partition coefficient (Wildman–Crippen LogP) is 5.33. The molecular weight excluding hydrogens is 400 g/mol. The standard InChI is InChI=1S/C20H19BrO3S/c1-3-5-14-24-17-10-12-18(13-11-17)25-20(4-2,19(22)23)15-6-8-16(21)9-7-15/h6-13H,4,14H2,1-2H3,(H,22,23). The molecule has 0 amide bonds. The highest BCUT2D eigenvalue weighted by molar-refractivity contribution is 9.10. The summed E-state index contributed by atoms with van der Waals surface area (Å²) < 4.78 is 5.39. The largest absolute Gasteiger partial charge is 0.481 e. The fourth-order valence-corrected chi connectivity index (χ4v) is 3.79. The quantitative estimate of drug-likeness (QED) is 0.487. The van der Waals surface area contributed by atoms with Gasteiger partial charge in [-0.15, -0.1) is 17.7 Å². The SMILES string of the molecule is CC#CCOc1ccc(SC(CC)(C(=O)O)c2ccc(Br)cc2)cc1. The van der Waals surface area contributed by atoms with E-state index in [1.165, 1.54) is 11.8 Å². The van der Waals surface area contributed by atoms with Crippen LogP contribution >= 0.6 is 27.7 Å². The van der Waals surface area contributed by atoms with Gasteiger partial charge in [-0.2, -0.15) is 0 Å². The van der Waals surface area contributed by atoms with E-state index >= 15 is 0 Å². The van der Waals surface area contributed by atoms with Crippen LogP contribution in [0.4, 0.5) is 0 Å².